The number of hydrogen-bond acceptors (Lipinski definition) is 0. The van der Waals surface area contributed by atoms with E-state index in [0.717, 1.165) is 0 Å². The lowest BCUT2D eigenvalue weighted by Gasteiger charge is -2.23. The average Bonchev–Trinajstić information content (AvgIpc) is 2.42. The molecule has 0 amide bonds. The maximum atomic E-state index is 3.88. The lowest BCUT2D eigenvalue weighted by Crippen LogP contribution is -2.13. The summed E-state index contributed by atoms with van der Waals surface area (Å²) in [5.41, 5.74) is 2.78. The zero-order valence-corrected chi connectivity index (χ0v) is 12.3. The molecule has 1 heteroatoms. The smallest absolute Gasteiger partial charge is 0.0255 e. The van der Waals surface area contributed by atoms with Crippen molar-refractivity contribution in [2.24, 2.45) is 0 Å². The molecule has 2 aromatic rings. The molecular formula is C17H19Br. The Hall–Kier alpha value is -1.08. The minimum Gasteiger partial charge on any atom is -0.0880 e. The van der Waals surface area contributed by atoms with Crippen molar-refractivity contribution in [3.05, 3.63) is 71.8 Å². The van der Waals surface area contributed by atoms with Crippen LogP contribution in [-0.2, 0) is 0 Å². The highest BCUT2D eigenvalue weighted by Crippen LogP contribution is 2.34. The molecule has 0 heterocycles. The SMILES string of the molecule is CCCC(Br)C(c1ccccc1)c1ccccc1. The van der Waals surface area contributed by atoms with Gasteiger partial charge in [0.05, 0.1) is 0 Å². The van der Waals surface area contributed by atoms with Gasteiger partial charge in [-0.25, -0.2) is 0 Å². The van der Waals surface area contributed by atoms with Crippen LogP contribution < -0.4 is 0 Å². The molecule has 0 bridgehead atoms. The molecule has 0 spiro atoms. The van der Waals surface area contributed by atoms with Gasteiger partial charge in [-0.05, 0) is 17.5 Å². The standard InChI is InChI=1S/C17H19Br/c1-2-9-16(18)17(14-10-5-3-6-11-14)15-12-7-4-8-13-15/h3-8,10-13,16-17H,2,9H2,1H3. The molecule has 0 aromatic heterocycles. The molecule has 0 fully saturated rings. The molecule has 0 aliphatic rings. The first kappa shape index (κ1) is 13.4. The van der Waals surface area contributed by atoms with E-state index in [2.05, 4.69) is 83.5 Å². The summed E-state index contributed by atoms with van der Waals surface area (Å²) < 4.78 is 0. The van der Waals surface area contributed by atoms with Gasteiger partial charge in [0, 0.05) is 10.7 Å². The Bertz CT molecular complexity index is 410. The van der Waals surface area contributed by atoms with Crippen LogP contribution >= 0.6 is 15.9 Å². The highest BCUT2D eigenvalue weighted by molar-refractivity contribution is 9.09. The summed E-state index contributed by atoms with van der Waals surface area (Å²) in [4.78, 5) is 0.493. The van der Waals surface area contributed by atoms with Gasteiger partial charge in [-0.3, -0.25) is 0 Å². The summed E-state index contributed by atoms with van der Waals surface area (Å²) in [6.07, 6.45) is 2.39. The quantitative estimate of drug-likeness (QED) is 0.650. The Morgan fingerprint density at radius 2 is 1.28 bits per heavy atom. The predicted molar refractivity (Wildman–Crippen MR) is 82.4 cm³/mol. The second-order valence-electron chi connectivity index (χ2n) is 4.60. The van der Waals surface area contributed by atoms with Crippen LogP contribution in [0.25, 0.3) is 0 Å². The fourth-order valence-corrected chi connectivity index (χ4v) is 3.44. The molecule has 18 heavy (non-hydrogen) atoms. The van der Waals surface area contributed by atoms with E-state index < -0.39 is 0 Å². The Morgan fingerprint density at radius 3 is 1.67 bits per heavy atom. The first-order chi connectivity index (χ1) is 8.83. The van der Waals surface area contributed by atoms with Crippen molar-refractivity contribution in [2.75, 3.05) is 0 Å². The van der Waals surface area contributed by atoms with Crippen molar-refractivity contribution >= 4 is 15.9 Å². The Kier molecular flexibility index (Phi) is 5.00. The summed E-state index contributed by atoms with van der Waals surface area (Å²) in [7, 11) is 0. The van der Waals surface area contributed by atoms with Crippen molar-refractivity contribution < 1.29 is 0 Å². The normalized spacial score (nSPS) is 12.6. The minimum atomic E-state index is 0.437. The van der Waals surface area contributed by atoms with Gasteiger partial charge in [0.1, 0.15) is 0 Å². The molecule has 2 aromatic carbocycles. The van der Waals surface area contributed by atoms with Crippen LogP contribution in [0, 0.1) is 0 Å². The third-order valence-corrected chi connectivity index (χ3v) is 4.23. The highest BCUT2D eigenvalue weighted by atomic mass is 79.9. The van der Waals surface area contributed by atoms with Crippen LogP contribution in [0.2, 0.25) is 0 Å². The third-order valence-electron chi connectivity index (χ3n) is 3.24. The third kappa shape index (κ3) is 3.23. The topological polar surface area (TPSA) is 0 Å². The van der Waals surface area contributed by atoms with Gasteiger partial charge in [0.25, 0.3) is 0 Å². The average molecular weight is 303 g/mol. The van der Waals surface area contributed by atoms with Crippen molar-refractivity contribution in [3.8, 4) is 0 Å². The number of alkyl halides is 1. The van der Waals surface area contributed by atoms with Crippen molar-refractivity contribution in [3.63, 3.8) is 0 Å². The van der Waals surface area contributed by atoms with E-state index in [-0.39, 0.29) is 0 Å². The van der Waals surface area contributed by atoms with Crippen LogP contribution in [0.3, 0.4) is 0 Å². The number of hydrogen-bond donors (Lipinski definition) is 0. The lowest BCUT2D eigenvalue weighted by molar-refractivity contribution is 0.677. The van der Waals surface area contributed by atoms with Crippen LogP contribution in [0.5, 0.6) is 0 Å². The van der Waals surface area contributed by atoms with E-state index in [0.29, 0.717) is 10.7 Å². The summed E-state index contributed by atoms with van der Waals surface area (Å²) in [5.74, 6) is 0.437. The van der Waals surface area contributed by atoms with Crippen LogP contribution in [0.1, 0.15) is 36.8 Å². The molecule has 0 aliphatic heterocycles. The van der Waals surface area contributed by atoms with E-state index >= 15 is 0 Å². The van der Waals surface area contributed by atoms with Gasteiger partial charge in [0.2, 0.25) is 0 Å². The first-order valence-electron chi connectivity index (χ1n) is 6.57. The van der Waals surface area contributed by atoms with Crippen LogP contribution in [-0.4, -0.2) is 4.83 Å². The zero-order chi connectivity index (χ0) is 12.8. The van der Waals surface area contributed by atoms with Gasteiger partial charge < -0.3 is 0 Å². The largest absolute Gasteiger partial charge is 0.0880 e. The van der Waals surface area contributed by atoms with E-state index in [1.165, 1.54) is 24.0 Å². The Balaban J connectivity index is 2.35. The van der Waals surface area contributed by atoms with Gasteiger partial charge in [0.15, 0.2) is 0 Å². The minimum absolute atomic E-state index is 0.437. The van der Waals surface area contributed by atoms with Gasteiger partial charge in [-0.15, -0.1) is 0 Å². The molecule has 0 N–H and O–H groups in total. The molecule has 0 saturated heterocycles. The van der Waals surface area contributed by atoms with Gasteiger partial charge >= 0.3 is 0 Å². The summed E-state index contributed by atoms with van der Waals surface area (Å²) >= 11 is 3.88. The lowest BCUT2D eigenvalue weighted by atomic mass is 9.87. The second-order valence-corrected chi connectivity index (χ2v) is 5.78. The molecule has 1 unspecified atom stereocenters. The van der Waals surface area contributed by atoms with Crippen LogP contribution in [0.4, 0.5) is 0 Å². The Morgan fingerprint density at radius 1 is 0.833 bits per heavy atom. The molecule has 1 atom stereocenters. The second kappa shape index (κ2) is 6.75. The van der Waals surface area contributed by atoms with E-state index in [4.69, 9.17) is 0 Å². The summed E-state index contributed by atoms with van der Waals surface area (Å²) in [5, 5.41) is 0. The van der Waals surface area contributed by atoms with E-state index in [9.17, 15) is 0 Å². The number of rotatable bonds is 5. The molecule has 2 rings (SSSR count). The van der Waals surface area contributed by atoms with Crippen LogP contribution in [0.15, 0.2) is 60.7 Å². The van der Waals surface area contributed by atoms with Gasteiger partial charge in [-0.2, -0.15) is 0 Å². The van der Waals surface area contributed by atoms with Crippen molar-refractivity contribution in [1.82, 2.24) is 0 Å². The molecule has 0 radical (unpaired) electrons. The summed E-state index contributed by atoms with van der Waals surface area (Å²) in [6.45, 7) is 2.24. The molecule has 0 nitrogen and oxygen atoms in total. The first-order valence-corrected chi connectivity index (χ1v) is 7.48. The van der Waals surface area contributed by atoms with Gasteiger partial charge in [-0.1, -0.05) is 89.9 Å². The molecule has 94 valence electrons. The maximum Gasteiger partial charge on any atom is 0.0255 e. The van der Waals surface area contributed by atoms with Crippen molar-refractivity contribution in [1.29, 1.82) is 0 Å². The molecular weight excluding hydrogens is 284 g/mol. The fourth-order valence-electron chi connectivity index (χ4n) is 2.37. The monoisotopic (exact) mass is 302 g/mol. The molecule has 0 saturated carbocycles. The predicted octanol–water partition coefficient (Wildman–Crippen LogP) is 5.38. The zero-order valence-electron chi connectivity index (χ0n) is 10.7. The fraction of sp³-hybridized carbons (Fsp3) is 0.294. The Labute approximate surface area is 118 Å². The highest BCUT2D eigenvalue weighted by Gasteiger charge is 2.21. The van der Waals surface area contributed by atoms with E-state index in [1.807, 2.05) is 0 Å². The van der Waals surface area contributed by atoms with E-state index in [1.54, 1.807) is 0 Å². The summed E-state index contributed by atoms with van der Waals surface area (Å²) in [6, 6.07) is 21.5. The number of halogens is 1. The maximum absolute atomic E-state index is 3.88. The number of benzene rings is 2. The van der Waals surface area contributed by atoms with Crippen molar-refractivity contribution in [2.45, 2.75) is 30.5 Å². The molecule has 0 aliphatic carbocycles.